The zero-order chi connectivity index (χ0) is 22.0. The van der Waals surface area contributed by atoms with Gasteiger partial charge in [0, 0.05) is 24.6 Å². The smallest absolute Gasteiger partial charge is 0.325 e. The predicted molar refractivity (Wildman–Crippen MR) is 114 cm³/mol. The molecule has 2 amide bonds. The Morgan fingerprint density at radius 1 is 1.29 bits per heavy atom. The highest BCUT2D eigenvalue weighted by Gasteiger charge is 2.44. The third-order valence-corrected chi connectivity index (χ3v) is 7.11. The molecule has 4 rings (SSSR count). The van der Waals surface area contributed by atoms with Gasteiger partial charge in [0.05, 0.1) is 13.2 Å². The highest BCUT2D eigenvalue weighted by atomic mass is 32.2. The molecule has 10 heteroatoms. The standard InChI is InChI=1S/C21H25FN4O4S/c1-30-16(27)10-23-19(28)12-6-8-26(9-7-12)21-24-17-14(11-31-18(17)20(29)25-21)13-4-2-3-5-15(13)22/h2-5,11-12,17-18,21,24H,6-10H2,1H3,(H,23,28)(H,25,29). The van der Waals surface area contributed by atoms with Crippen LogP contribution in [0.1, 0.15) is 18.4 Å². The number of halogens is 1. The molecule has 2 saturated heterocycles. The fourth-order valence-electron chi connectivity index (χ4n) is 4.20. The summed E-state index contributed by atoms with van der Waals surface area (Å²) in [5.74, 6) is -1.23. The van der Waals surface area contributed by atoms with E-state index in [2.05, 4.69) is 25.6 Å². The number of benzene rings is 1. The number of methoxy groups -OCH3 is 1. The van der Waals surface area contributed by atoms with Crippen LogP contribution in [0.5, 0.6) is 0 Å². The number of likely N-dealkylation sites (tertiary alicyclic amines) is 1. The Bertz CT molecular complexity index is 903. The van der Waals surface area contributed by atoms with Gasteiger partial charge >= 0.3 is 5.97 Å². The third-order valence-electron chi connectivity index (χ3n) is 5.94. The summed E-state index contributed by atoms with van der Waals surface area (Å²) in [5, 5.41) is 10.6. The minimum absolute atomic E-state index is 0.0840. The molecule has 3 heterocycles. The van der Waals surface area contributed by atoms with Crippen molar-refractivity contribution in [3.05, 3.63) is 41.1 Å². The lowest BCUT2D eigenvalue weighted by Gasteiger charge is -2.43. The van der Waals surface area contributed by atoms with Gasteiger partial charge in [-0.1, -0.05) is 18.2 Å². The third kappa shape index (κ3) is 4.60. The van der Waals surface area contributed by atoms with Gasteiger partial charge in [0.25, 0.3) is 0 Å². The van der Waals surface area contributed by atoms with E-state index in [1.165, 1.54) is 24.9 Å². The Labute approximate surface area is 183 Å². The molecule has 2 fully saturated rings. The SMILES string of the molecule is COC(=O)CNC(=O)C1CCN(C2NC(=O)C3SC=C(c4ccccc4F)C3N2)CC1. The van der Waals surface area contributed by atoms with Crippen LogP contribution in [-0.4, -0.2) is 67.0 Å². The van der Waals surface area contributed by atoms with Crippen LogP contribution in [0, 0.1) is 11.7 Å². The average molecular weight is 449 g/mol. The monoisotopic (exact) mass is 448 g/mol. The first-order valence-electron chi connectivity index (χ1n) is 10.2. The number of hydrogen-bond acceptors (Lipinski definition) is 7. The van der Waals surface area contributed by atoms with E-state index in [4.69, 9.17) is 0 Å². The van der Waals surface area contributed by atoms with Crippen molar-refractivity contribution in [2.24, 2.45) is 5.92 Å². The largest absolute Gasteiger partial charge is 0.468 e. The summed E-state index contributed by atoms with van der Waals surface area (Å²) in [6.45, 7) is 1.08. The first kappa shape index (κ1) is 21.8. The molecule has 1 aromatic rings. The number of thioether (sulfide) groups is 1. The number of hydrogen-bond donors (Lipinski definition) is 3. The van der Waals surface area contributed by atoms with Crippen LogP contribution >= 0.6 is 11.8 Å². The van der Waals surface area contributed by atoms with E-state index >= 15 is 0 Å². The quantitative estimate of drug-likeness (QED) is 0.569. The van der Waals surface area contributed by atoms with Crippen molar-refractivity contribution in [2.45, 2.75) is 30.4 Å². The van der Waals surface area contributed by atoms with Crippen molar-refractivity contribution in [1.29, 1.82) is 0 Å². The second kappa shape index (κ2) is 9.37. The van der Waals surface area contributed by atoms with E-state index in [1.807, 2.05) is 5.41 Å². The van der Waals surface area contributed by atoms with Crippen LogP contribution in [0.3, 0.4) is 0 Å². The van der Waals surface area contributed by atoms with Crippen LogP contribution in [0.25, 0.3) is 5.57 Å². The average Bonchev–Trinajstić information content (AvgIpc) is 3.22. The molecule has 0 radical (unpaired) electrons. The van der Waals surface area contributed by atoms with Crippen molar-refractivity contribution in [3.8, 4) is 0 Å². The van der Waals surface area contributed by atoms with E-state index in [9.17, 15) is 18.8 Å². The molecule has 3 atom stereocenters. The Kier molecular flexibility index (Phi) is 6.59. The molecule has 3 unspecified atom stereocenters. The zero-order valence-corrected chi connectivity index (χ0v) is 17.9. The van der Waals surface area contributed by atoms with E-state index in [0.717, 1.165) is 5.57 Å². The Hall–Kier alpha value is -2.43. The Morgan fingerprint density at radius 2 is 2.03 bits per heavy atom. The second-order valence-electron chi connectivity index (χ2n) is 7.77. The van der Waals surface area contributed by atoms with Gasteiger partial charge < -0.3 is 15.4 Å². The minimum atomic E-state index is -0.484. The maximum Gasteiger partial charge on any atom is 0.325 e. The summed E-state index contributed by atoms with van der Waals surface area (Å²) in [6, 6.07) is 6.29. The van der Waals surface area contributed by atoms with E-state index < -0.39 is 5.97 Å². The van der Waals surface area contributed by atoms with Crippen LogP contribution in [-0.2, 0) is 19.1 Å². The van der Waals surface area contributed by atoms with E-state index in [0.29, 0.717) is 31.5 Å². The van der Waals surface area contributed by atoms with Crippen molar-refractivity contribution in [1.82, 2.24) is 20.9 Å². The molecular weight excluding hydrogens is 423 g/mol. The highest BCUT2D eigenvalue weighted by Crippen LogP contribution is 2.39. The number of ether oxygens (including phenoxy) is 1. The number of carbonyl (C=O) groups excluding carboxylic acids is 3. The van der Waals surface area contributed by atoms with E-state index in [1.54, 1.807) is 18.2 Å². The number of amides is 2. The maximum absolute atomic E-state index is 14.3. The van der Waals surface area contributed by atoms with Crippen molar-refractivity contribution < 1.29 is 23.5 Å². The summed E-state index contributed by atoms with van der Waals surface area (Å²) in [6.07, 6.45) is 0.835. The summed E-state index contributed by atoms with van der Waals surface area (Å²) < 4.78 is 18.9. The fourth-order valence-corrected chi connectivity index (χ4v) is 5.34. The lowest BCUT2D eigenvalue weighted by atomic mass is 9.94. The number of nitrogens with zero attached hydrogens (tertiary/aromatic N) is 1. The van der Waals surface area contributed by atoms with Gasteiger partial charge in [0.2, 0.25) is 11.8 Å². The molecule has 31 heavy (non-hydrogen) atoms. The van der Waals surface area contributed by atoms with Crippen LogP contribution in [0.2, 0.25) is 0 Å². The number of esters is 1. The first-order chi connectivity index (χ1) is 15.0. The van der Waals surface area contributed by atoms with Crippen molar-refractivity contribution in [2.75, 3.05) is 26.7 Å². The lowest BCUT2D eigenvalue weighted by Crippen LogP contribution is -2.68. The number of rotatable bonds is 5. The molecule has 0 saturated carbocycles. The van der Waals surface area contributed by atoms with Gasteiger partial charge in [-0.3, -0.25) is 24.6 Å². The molecule has 166 valence electrons. The maximum atomic E-state index is 14.3. The van der Waals surface area contributed by atoms with Crippen LogP contribution in [0.15, 0.2) is 29.7 Å². The zero-order valence-electron chi connectivity index (χ0n) is 17.1. The van der Waals surface area contributed by atoms with Crippen molar-refractivity contribution in [3.63, 3.8) is 0 Å². The number of piperidine rings is 1. The van der Waals surface area contributed by atoms with Gasteiger partial charge in [0.15, 0.2) is 0 Å². The number of nitrogens with one attached hydrogen (secondary N) is 3. The summed E-state index contributed by atoms with van der Waals surface area (Å²) >= 11 is 1.40. The summed E-state index contributed by atoms with van der Waals surface area (Å²) in [7, 11) is 1.28. The van der Waals surface area contributed by atoms with Gasteiger partial charge in [-0.2, -0.15) is 0 Å². The van der Waals surface area contributed by atoms with E-state index in [-0.39, 0.29) is 47.7 Å². The van der Waals surface area contributed by atoms with Crippen LogP contribution < -0.4 is 16.0 Å². The van der Waals surface area contributed by atoms with Crippen molar-refractivity contribution >= 4 is 35.1 Å². The summed E-state index contributed by atoms with van der Waals surface area (Å²) in [5.41, 5.74) is 1.29. The molecule has 8 nitrogen and oxygen atoms in total. The molecule has 3 aliphatic rings. The normalized spacial score (nSPS) is 26.6. The lowest BCUT2D eigenvalue weighted by molar-refractivity contribution is -0.141. The molecule has 0 aromatic heterocycles. The first-order valence-corrected chi connectivity index (χ1v) is 11.2. The van der Waals surface area contributed by atoms with Gasteiger partial charge in [-0.25, -0.2) is 4.39 Å². The second-order valence-corrected chi connectivity index (χ2v) is 8.79. The minimum Gasteiger partial charge on any atom is -0.468 e. The summed E-state index contributed by atoms with van der Waals surface area (Å²) in [4.78, 5) is 38.3. The predicted octanol–water partition coefficient (Wildman–Crippen LogP) is 0.655. The molecular formula is C21H25FN4O4S. The number of fused-ring (bicyclic) bond motifs is 1. The number of carbonyl (C=O) groups is 3. The molecule has 1 aromatic carbocycles. The highest BCUT2D eigenvalue weighted by molar-refractivity contribution is 8.04. The molecule has 3 aliphatic heterocycles. The van der Waals surface area contributed by atoms with Gasteiger partial charge in [-0.05, 0) is 29.9 Å². The molecule has 0 spiro atoms. The molecule has 0 bridgehead atoms. The Morgan fingerprint density at radius 3 is 2.74 bits per heavy atom. The topological polar surface area (TPSA) is 99.8 Å². The Balaban J connectivity index is 1.37. The van der Waals surface area contributed by atoms with Gasteiger partial charge in [-0.15, -0.1) is 11.8 Å². The van der Waals surface area contributed by atoms with Crippen LogP contribution in [0.4, 0.5) is 4.39 Å². The van der Waals surface area contributed by atoms with Gasteiger partial charge in [0.1, 0.15) is 23.9 Å². The fraction of sp³-hybridized carbons (Fsp3) is 0.476. The molecule has 0 aliphatic carbocycles. The molecule has 3 N–H and O–H groups in total.